The van der Waals surface area contributed by atoms with Gasteiger partial charge in [0.1, 0.15) is 6.10 Å². The summed E-state index contributed by atoms with van der Waals surface area (Å²) in [6, 6.07) is 1.38. The smallest absolute Gasteiger partial charge is 0.250 e. The molecule has 1 heterocycles. The third-order valence-electron chi connectivity index (χ3n) is 3.02. The zero-order valence-electron chi connectivity index (χ0n) is 9.25. The monoisotopic (exact) mass is 287 g/mol. The van der Waals surface area contributed by atoms with Crippen molar-refractivity contribution in [2.45, 2.75) is 38.7 Å². The maximum atomic E-state index is 13.5. The fraction of sp³-hybridized carbons (Fsp3) is 0.583. The van der Waals surface area contributed by atoms with Gasteiger partial charge in [-0.3, -0.25) is 0 Å². The van der Waals surface area contributed by atoms with Gasteiger partial charge in [-0.25, -0.2) is 9.37 Å². The molecule has 0 atom stereocenters. The lowest BCUT2D eigenvalue weighted by Crippen LogP contribution is -2.23. The highest BCUT2D eigenvalue weighted by Gasteiger charge is 2.21. The average molecular weight is 288 g/mol. The van der Waals surface area contributed by atoms with Gasteiger partial charge in [0, 0.05) is 10.7 Å². The minimum atomic E-state index is -0.395. The molecule has 88 valence electrons. The highest BCUT2D eigenvalue weighted by molar-refractivity contribution is 9.10. The Bertz CT molecular complexity index is 364. The third kappa shape index (κ3) is 2.94. The molecule has 0 unspecified atom stereocenters. The Hall–Kier alpha value is -0.640. The predicted octanol–water partition coefficient (Wildman–Crippen LogP) is 3.94. The van der Waals surface area contributed by atoms with Crippen LogP contribution in [0.5, 0.6) is 5.88 Å². The van der Waals surface area contributed by atoms with Crippen molar-refractivity contribution in [2.75, 3.05) is 0 Å². The van der Waals surface area contributed by atoms with Crippen molar-refractivity contribution in [1.29, 1.82) is 0 Å². The van der Waals surface area contributed by atoms with Gasteiger partial charge in [-0.15, -0.1) is 0 Å². The molecule has 4 heteroatoms. The van der Waals surface area contributed by atoms with Gasteiger partial charge >= 0.3 is 0 Å². The lowest BCUT2D eigenvalue weighted by Gasteiger charge is -2.26. The normalized spacial score (nSPS) is 25.4. The van der Waals surface area contributed by atoms with E-state index in [9.17, 15) is 4.39 Å². The summed E-state index contributed by atoms with van der Waals surface area (Å²) in [6.07, 6.45) is 5.99. The van der Waals surface area contributed by atoms with E-state index in [0.29, 0.717) is 4.47 Å². The Kier molecular flexibility index (Phi) is 3.79. The molecule has 1 aliphatic rings. The number of rotatable bonds is 2. The van der Waals surface area contributed by atoms with Gasteiger partial charge in [-0.1, -0.05) is 6.92 Å². The standard InChI is InChI=1S/C12H15BrFNO/c1-8-2-4-10(5-3-8)16-12-11(14)6-9(13)7-15-12/h6-8,10H,2-5H2,1H3. The summed E-state index contributed by atoms with van der Waals surface area (Å²) < 4.78 is 19.7. The Morgan fingerprint density at radius 2 is 2.06 bits per heavy atom. The number of aromatic nitrogens is 1. The van der Waals surface area contributed by atoms with Crippen molar-refractivity contribution < 1.29 is 9.13 Å². The number of hydrogen-bond acceptors (Lipinski definition) is 2. The van der Waals surface area contributed by atoms with Crippen LogP contribution in [0.4, 0.5) is 4.39 Å². The van der Waals surface area contributed by atoms with Gasteiger partial charge < -0.3 is 4.74 Å². The zero-order valence-corrected chi connectivity index (χ0v) is 10.8. The zero-order chi connectivity index (χ0) is 11.5. The first-order valence-electron chi connectivity index (χ1n) is 5.63. The van der Waals surface area contributed by atoms with Crippen molar-refractivity contribution in [3.8, 4) is 5.88 Å². The molecule has 1 aliphatic carbocycles. The molecule has 0 aliphatic heterocycles. The van der Waals surface area contributed by atoms with Crippen LogP contribution < -0.4 is 4.74 Å². The highest BCUT2D eigenvalue weighted by Crippen LogP contribution is 2.27. The first-order valence-corrected chi connectivity index (χ1v) is 6.42. The van der Waals surface area contributed by atoms with Gasteiger partial charge in [0.05, 0.1) is 0 Å². The molecule has 0 N–H and O–H groups in total. The van der Waals surface area contributed by atoms with E-state index < -0.39 is 5.82 Å². The summed E-state index contributed by atoms with van der Waals surface area (Å²) in [5.41, 5.74) is 0. The maximum Gasteiger partial charge on any atom is 0.250 e. The van der Waals surface area contributed by atoms with Gasteiger partial charge in [-0.05, 0) is 53.6 Å². The Morgan fingerprint density at radius 1 is 1.38 bits per heavy atom. The summed E-state index contributed by atoms with van der Waals surface area (Å²) in [5.74, 6) is 0.498. The molecule has 0 aromatic carbocycles. The molecule has 2 nitrogen and oxygen atoms in total. The predicted molar refractivity (Wildman–Crippen MR) is 63.9 cm³/mol. The second-order valence-corrected chi connectivity index (χ2v) is 5.36. The molecule has 2 rings (SSSR count). The molecule has 16 heavy (non-hydrogen) atoms. The van der Waals surface area contributed by atoms with E-state index in [4.69, 9.17) is 4.74 Å². The maximum absolute atomic E-state index is 13.5. The van der Waals surface area contributed by atoms with E-state index >= 15 is 0 Å². The lowest BCUT2D eigenvalue weighted by molar-refractivity contribution is 0.124. The largest absolute Gasteiger partial charge is 0.472 e. The first kappa shape index (κ1) is 11.8. The van der Waals surface area contributed by atoms with E-state index in [1.165, 1.54) is 6.07 Å². The minimum Gasteiger partial charge on any atom is -0.472 e. The molecular weight excluding hydrogens is 273 g/mol. The van der Waals surface area contributed by atoms with Gasteiger partial charge in [-0.2, -0.15) is 0 Å². The molecule has 1 saturated carbocycles. The van der Waals surface area contributed by atoms with Crippen LogP contribution in [0.25, 0.3) is 0 Å². The van der Waals surface area contributed by atoms with Crippen LogP contribution in [-0.2, 0) is 0 Å². The third-order valence-corrected chi connectivity index (χ3v) is 3.45. The van der Waals surface area contributed by atoms with Crippen LogP contribution in [0.3, 0.4) is 0 Å². The van der Waals surface area contributed by atoms with Crippen molar-refractivity contribution >= 4 is 15.9 Å². The highest BCUT2D eigenvalue weighted by atomic mass is 79.9. The number of halogens is 2. The Morgan fingerprint density at radius 3 is 2.69 bits per heavy atom. The average Bonchev–Trinajstić information content (AvgIpc) is 2.25. The van der Waals surface area contributed by atoms with Crippen LogP contribution in [-0.4, -0.2) is 11.1 Å². The van der Waals surface area contributed by atoms with Crippen LogP contribution in [0.15, 0.2) is 16.7 Å². The molecule has 1 aromatic heterocycles. The lowest BCUT2D eigenvalue weighted by atomic mass is 9.89. The van der Waals surface area contributed by atoms with Gasteiger partial charge in [0.15, 0.2) is 5.82 Å². The topological polar surface area (TPSA) is 22.1 Å². The van der Waals surface area contributed by atoms with Crippen molar-refractivity contribution in [3.05, 3.63) is 22.6 Å². The summed E-state index contributed by atoms with van der Waals surface area (Å²) in [4.78, 5) is 3.95. The Balaban J connectivity index is 1.98. The number of ether oxygens (including phenoxy) is 1. The fourth-order valence-corrected chi connectivity index (χ4v) is 2.30. The van der Waals surface area contributed by atoms with Crippen LogP contribution in [0.2, 0.25) is 0 Å². The molecule has 0 amide bonds. The molecule has 0 bridgehead atoms. The number of hydrogen-bond donors (Lipinski definition) is 0. The van der Waals surface area contributed by atoms with Crippen LogP contribution in [0.1, 0.15) is 32.6 Å². The van der Waals surface area contributed by atoms with E-state index in [-0.39, 0.29) is 12.0 Å². The molecular formula is C12H15BrFNO. The number of nitrogens with zero attached hydrogens (tertiary/aromatic N) is 1. The Labute approximate surface area is 103 Å². The van der Waals surface area contributed by atoms with E-state index in [1.54, 1.807) is 6.20 Å². The SMILES string of the molecule is CC1CCC(Oc2ncc(Br)cc2F)CC1. The molecule has 0 saturated heterocycles. The van der Waals surface area contributed by atoms with Crippen molar-refractivity contribution in [1.82, 2.24) is 4.98 Å². The van der Waals surface area contributed by atoms with Gasteiger partial charge in [0.25, 0.3) is 5.88 Å². The van der Waals surface area contributed by atoms with Gasteiger partial charge in [0.2, 0.25) is 0 Å². The second kappa shape index (κ2) is 5.13. The summed E-state index contributed by atoms with van der Waals surface area (Å²) in [6.45, 7) is 2.24. The van der Waals surface area contributed by atoms with Crippen LogP contribution in [0, 0.1) is 11.7 Å². The van der Waals surface area contributed by atoms with Crippen molar-refractivity contribution in [2.24, 2.45) is 5.92 Å². The minimum absolute atomic E-state index is 0.124. The van der Waals surface area contributed by atoms with E-state index in [1.807, 2.05) is 0 Å². The molecule has 1 fully saturated rings. The van der Waals surface area contributed by atoms with Crippen molar-refractivity contribution in [3.63, 3.8) is 0 Å². The fourth-order valence-electron chi connectivity index (χ4n) is 1.99. The van der Waals surface area contributed by atoms with E-state index in [2.05, 4.69) is 27.8 Å². The summed E-state index contributed by atoms with van der Waals surface area (Å²) >= 11 is 3.17. The number of pyridine rings is 1. The quantitative estimate of drug-likeness (QED) is 0.822. The first-order chi connectivity index (χ1) is 7.65. The molecule has 0 spiro atoms. The molecule has 1 aromatic rings. The van der Waals surface area contributed by atoms with Crippen LogP contribution >= 0.6 is 15.9 Å². The molecule has 0 radical (unpaired) electrons. The van der Waals surface area contributed by atoms with E-state index in [0.717, 1.165) is 31.6 Å². The second-order valence-electron chi connectivity index (χ2n) is 4.44. The summed E-state index contributed by atoms with van der Waals surface area (Å²) in [7, 11) is 0. The summed E-state index contributed by atoms with van der Waals surface area (Å²) in [5, 5.41) is 0.